The van der Waals surface area contributed by atoms with Crippen LogP contribution in [-0.4, -0.2) is 0 Å². The van der Waals surface area contributed by atoms with Gasteiger partial charge in [0.05, 0.1) is 0 Å². The van der Waals surface area contributed by atoms with Gasteiger partial charge in [0, 0.05) is 4.47 Å². The number of benzene rings is 2. The van der Waals surface area contributed by atoms with E-state index >= 15 is 0 Å². The molecule has 0 radical (unpaired) electrons. The predicted molar refractivity (Wildman–Crippen MR) is 77.1 cm³/mol. The smallest absolute Gasteiger partial charge is 0.0253 e. The molecule has 0 aliphatic rings. The lowest BCUT2D eigenvalue weighted by Crippen LogP contribution is -1.83. The molecule has 0 heterocycles. The van der Waals surface area contributed by atoms with Crippen molar-refractivity contribution in [2.45, 2.75) is 34.1 Å². The van der Waals surface area contributed by atoms with E-state index in [0.717, 1.165) is 0 Å². The molecular weight excluding hydrogens is 260 g/mol. The molecule has 0 nitrogen and oxygen atoms in total. The highest BCUT2D eigenvalue weighted by Gasteiger charge is 2.01. The predicted octanol–water partition coefficient (Wildman–Crippen LogP) is 5.64. The molecule has 0 unspecified atom stereocenters. The van der Waals surface area contributed by atoms with Gasteiger partial charge in [0.2, 0.25) is 0 Å². The quantitative estimate of drug-likeness (QED) is 0.585. The van der Waals surface area contributed by atoms with E-state index < -0.39 is 0 Å². The molecule has 0 aliphatic carbocycles. The normalized spacial score (nSPS) is 9.81. The molecule has 2 rings (SSSR count). The highest BCUT2D eigenvalue weighted by atomic mass is 79.9. The number of hydrogen-bond acceptors (Lipinski definition) is 0. The zero-order valence-corrected chi connectivity index (χ0v) is 12.1. The summed E-state index contributed by atoms with van der Waals surface area (Å²) in [6.07, 6.45) is 1.25. The summed E-state index contributed by atoms with van der Waals surface area (Å²) >= 11 is 3.56. The zero-order chi connectivity index (χ0) is 12.1. The highest BCUT2D eigenvalue weighted by molar-refractivity contribution is 9.10. The molecule has 0 aromatic heterocycles. The fourth-order valence-electron chi connectivity index (χ4n) is 1.58. The Balaban J connectivity index is 0.000000386. The molecule has 0 amide bonds. The van der Waals surface area contributed by atoms with E-state index in [4.69, 9.17) is 0 Å². The molecule has 2 aromatic carbocycles. The first-order valence-electron chi connectivity index (χ1n) is 5.76. The summed E-state index contributed by atoms with van der Waals surface area (Å²) in [6, 6.07) is 10.7. The summed E-state index contributed by atoms with van der Waals surface area (Å²) in [5.41, 5.74) is 2.73. The molecule has 0 saturated carbocycles. The third-order valence-electron chi connectivity index (χ3n) is 2.55. The fraction of sp³-hybridized carbons (Fsp3) is 0.333. The van der Waals surface area contributed by atoms with E-state index in [0.29, 0.717) is 0 Å². The molecule has 0 bridgehead atoms. The van der Waals surface area contributed by atoms with Gasteiger partial charge in [0.1, 0.15) is 0 Å². The Hall–Kier alpha value is -0.820. The van der Waals surface area contributed by atoms with Crippen LogP contribution in [0, 0.1) is 13.8 Å². The Kier molecular flexibility index (Phi) is 5.01. The maximum atomic E-state index is 3.56. The monoisotopic (exact) mass is 278 g/mol. The van der Waals surface area contributed by atoms with Gasteiger partial charge in [0.25, 0.3) is 0 Å². The van der Waals surface area contributed by atoms with Crippen molar-refractivity contribution in [3.05, 3.63) is 45.9 Å². The van der Waals surface area contributed by atoms with Gasteiger partial charge < -0.3 is 0 Å². The first kappa shape index (κ1) is 13.2. The fourth-order valence-corrected chi connectivity index (χ4v) is 2.08. The third kappa shape index (κ3) is 2.85. The first-order valence-corrected chi connectivity index (χ1v) is 6.55. The molecular formula is C15H19Br. The number of rotatable bonds is 0. The lowest BCUT2D eigenvalue weighted by molar-refractivity contribution is 1.09. The van der Waals surface area contributed by atoms with E-state index in [1.165, 1.54) is 32.8 Å². The Morgan fingerprint density at radius 3 is 2.19 bits per heavy atom. The van der Waals surface area contributed by atoms with Crippen LogP contribution in [0.1, 0.15) is 31.4 Å². The van der Waals surface area contributed by atoms with E-state index in [1.807, 2.05) is 0 Å². The standard InChI is InChI=1S/C12H11Br.C3H8/c1-8-6-7-11-10(9(8)2)4-3-5-12(11)13;1-3-2/h3-7H,1-2H3;3H2,1-2H3. The molecule has 0 saturated heterocycles. The van der Waals surface area contributed by atoms with Crippen LogP contribution in [0.4, 0.5) is 0 Å². The summed E-state index contributed by atoms with van der Waals surface area (Å²) in [5, 5.41) is 2.64. The van der Waals surface area contributed by atoms with Crippen molar-refractivity contribution >= 4 is 26.7 Å². The minimum atomic E-state index is 1.17. The SMILES string of the molecule is CCC.Cc1ccc2c(Br)cccc2c1C. The molecule has 0 fully saturated rings. The van der Waals surface area contributed by atoms with Gasteiger partial charge in [-0.15, -0.1) is 0 Å². The van der Waals surface area contributed by atoms with Crippen LogP contribution < -0.4 is 0 Å². The van der Waals surface area contributed by atoms with Crippen LogP contribution in [0.3, 0.4) is 0 Å². The Morgan fingerprint density at radius 1 is 0.938 bits per heavy atom. The van der Waals surface area contributed by atoms with Crippen molar-refractivity contribution in [1.82, 2.24) is 0 Å². The molecule has 86 valence electrons. The van der Waals surface area contributed by atoms with Crippen LogP contribution in [0.5, 0.6) is 0 Å². The summed E-state index contributed by atoms with van der Waals surface area (Å²) in [7, 11) is 0. The zero-order valence-electron chi connectivity index (χ0n) is 10.5. The second-order valence-electron chi connectivity index (χ2n) is 4.05. The van der Waals surface area contributed by atoms with Gasteiger partial charge in [-0.25, -0.2) is 0 Å². The van der Waals surface area contributed by atoms with Gasteiger partial charge >= 0.3 is 0 Å². The van der Waals surface area contributed by atoms with Gasteiger partial charge in [-0.3, -0.25) is 0 Å². The van der Waals surface area contributed by atoms with Crippen molar-refractivity contribution in [3.63, 3.8) is 0 Å². The lowest BCUT2D eigenvalue weighted by Gasteiger charge is -2.06. The first-order chi connectivity index (χ1) is 7.61. The number of hydrogen-bond donors (Lipinski definition) is 0. The molecule has 1 heteroatoms. The van der Waals surface area contributed by atoms with Crippen LogP contribution >= 0.6 is 15.9 Å². The third-order valence-corrected chi connectivity index (χ3v) is 3.24. The summed E-state index contributed by atoms with van der Waals surface area (Å²) in [6.45, 7) is 8.57. The molecule has 0 aliphatic heterocycles. The topological polar surface area (TPSA) is 0 Å². The maximum absolute atomic E-state index is 3.56. The van der Waals surface area contributed by atoms with Crippen molar-refractivity contribution < 1.29 is 0 Å². The van der Waals surface area contributed by atoms with E-state index in [-0.39, 0.29) is 0 Å². The molecule has 0 spiro atoms. The average Bonchev–Trinajstić information content (AvgIpc) is 2.25. The Morgan fingerprint density at radius 2 is 1.56 bits per heavy atom. The molecule has 0 N–H and O–H groups in total. The van der Waals surface area contributed by atoms with Crippen LogP contribution in [0.25, 0.3) is 10.8 Å². The van der Waals surface area contributed by atoms with Gasteiger partial charge in [-0.05, 0) is 41.8 Å². The van der Waals surface area contributed by atoms with Crippen LogP contribution in [-0.2, 0) is 0 Å². The van der Waals surface area contributed by atoms with Gasteiger partial charge in [-0.1, -0.05) is 60.5 Å². The van der Waals surface area contributed by atoms with Gasteiger partial charge in [0.15, 0.2) is 0 Å². The molecule has 16 heavy (non-hydrogen) atoms. The van der Waals surface area contributed by atoms with Crippen molar-refractivity contribution in [2.75, 3.05) is 0 Å². The largest absolute Gasteiger partial charge is 0.0656 e. The van der Waals surface area contributed by atoms with Crippen LogP contribution in [0.15, 0.2) is 34.8 Å². The minimum Gasteiger partial charge on any atom is -0.0656 e. The van der Waals surface area contributed by atoms with E-state index in [1.54, 1.807) is 0 Å². The van der Waals surface area contributed by atoms with Crippen molar-refractivity contribution in [1.29, 1.82) is 0 Å². The second kappa shape index (κ2) is 6.05. The number of fused-ring (bicyclic) bond motifs is 1. The van der Waals surface area contributed by atoms with Gasteiger partial charge in [-0.2, -0.15) is 0 Å². The lowest BCUT2D eigenvalue weighted by atomic mass is 10.0. The second-order valence-corrected chi connectivity index (χ2v) is 4.90. The van der Waals surface area contributed by atoms with E-state index in [9.17, 15) is 0 Å². The highest BCUT2D eigenvalue weighted by Crippen LogP contribution is 2.27. The van der Waals surface area contributed by atoms with Crippen molar-refractivity contribution in [2.24, 2.45) is 0 Å². The number of aryl methyl sites for hydroxylation is 2. The van der Waals surface area contributed by atoms with Crippen LogP contribution in [0.2, 0.25) is 0 Å². The average molecular weight is 279 g/mol. The van der Waals surface area contributed by atoms with E-state index in [2.05, 4.69) is 74.0 Å². The summed E-state index contributed by atoms with van der Waals surface area (Å²) < 4.78 is 1.17. The Bertz CT molecular complexity index is 472. The number of halogens is 1. The maximum Gasteiger partial charge on any atom is 0.0253 e. The molecule has 2 aromatic rings. The Labute approximate surface area is 107 Å². The van der Waals surface area contributed by atoms with Crippen molar-refractivity contribution in [3.8, 4) is 0 Å². The summed E-state index contributed by atoms with van der Waals surface area (Å²) in [4.78, 5) is 0. The minimum absolute atomic E-state index is 1.17. The summed E-state index contributed by atoms with van der Waals surface area (Å²) in [5.74, 6) is 0. The molecule has 0 atom stereocenters.